The van der Waals surface area contributed by atoms with E-state index in [1.807, 2.05) is 11.8 Å². The molecule has 4 nitrogen and oxygen atoms in total. The highest BCUT2D eigenvalue weighted by atomic mass is 16.6. The topological polar surface area (TPSA) is 32.8 Å². The lowest BCUT2D eigenvalue weighted by Gasteiger charge is -2.30. The Hall–Kier alpha value is -1.55. The van der Waals surface area contributed by atoms with Gasteiger partial charge in [-0.05, 0) is 38.3 Å². The molecule has 0 N–H and O–H groups in total. The van der Waals surface area contributed by atoms with E-state index in [1.165, 1.54) is 12.0 Å². The van der Waals surface area contributed by atoms with Crippen LogP contribution in [0.4, 0.5) is 4.79 Å². The van der Waals surface area contributed by atoms with Crippen LogP contribution in [-0.2, 0) is 4.74 Å². The van der Waals surface area contributed by atoms with Crippen LogP contribution in [0.1, 0.15) is 31.9 Å². The van der Waals surface area contributed by atoms with E-state index in [1.54, 1.807) is 0 Å². The largest absolute Gasteiger partial charge is 0.450 e. The summed E-state index contributed by atoms with van der Waals surface area (Å²) in [5.74, 6) is 0.598. The molecule has 2 heterocycles. The SMILES string of the molecule is CCOC(=O)N1C[C@@H]2CCN([C@@H](C)c3ccccc3)[C@@H]2C1. The Morgan fingerprint density at radius 3 is 2.81 bits per heavy atom. The van der Waals surface area contributed by atoms with Crippen molar-refractivity contribution in [2.75, 3.05) is 26.2 Å². The van der Waals surface area contributed by atoms with Gasteiger partial charge in [0.05, 0.1) is 6.61 Å². The van der Waals surface area contributed by atoms with Gasteiger partial charge in [0.1, 0.15) is 0 Å². The van der Waals surface area contributed by atoms with Gasteiger partial charge in [0.25, 0.3) is 0 Å². The molecule has 2 aliphatic heterocycles. The van der Waals surface area contributed by atoms with Gasteiger partial charge in [0.2, 0.25) is 0 Å². The monoisotopic (exact) mass is 288 g/mol. The van der Waals surface area contributed by atoms with Crippen LogP contribution in [0.15, 0.2) is 30.3 Å². The second-order valence-corrected chi connectivity index (χ2v) is 6.04. The zero-order valence-corrected chi connectivity index (χ0v) is 12.9. The van der Waals surface area contributed by atoms with Gasteiger partial charge in [-0.3, -0.25) is 4.90 Å². The van der Waals surface area contributed by atoms with Gasteiger partial charge in [0, 0.05) is 25.2 Å². The third-order valence-corrected chi connectivity index (χ3v) is 4.90. The number of hydrogen-bond acceptors (Lipinski definition) is 3. The third-order valence-electron chi connectivity index (χ3n) is 4.90. The standard InChI is InChI=1S/C17H24N2O2/c1-3-21-17(20)18-11-15-9-10-19(16(15)12-18)13(2)14-7-5-4-6-8-14/h4-8,13,15-16H,3,9-12H2,1-2H3/t13-,15-,16+/m0/s1. The highest BCUT2D eigenvalue weighted by Crippen LogP contribution is 2.37. The van der Waals surface area contributed by atoms with E-state index in [-0.39, 0.29) is 6.09 Å². The van der Waals surface area contributed by atoms with Crippen molar-refractivity contribution < 1.29 is 9.53 Å². The molecule has 1 aromatic carbocycles. The molecule has 0 unspecified atom stereocenters. The van der Waals surface area contributed by atoms with Crippen LogP contribution >= 0.6 is 0 Å². The minimum Gasteiger partial charge on any atom is -0.450 e. The second kappa shape index (κ2) is 6.06. The maximum Gasteiger partial charge on any atom is 0.409 e. The average Bonchev–Trinajstić information content (AvgIpc) is 3.08. The summed E-state index contributed by atoms with van der Waals surface area (Å²) in [6, 6.07) is 11.5. The normalized spacial score (nSPS) is 26.7. The number of benzene rings is 1. The van der Waals surface area contributed by atoms with Gasteiger partial charge in [-0.2, -0.15) is 0 Å². The number of carbonyl (C=O) groups is 1. The number of likely N-dealkylation sites (tertiary alicyclic amines) is 2. The van der Waals surface area contributed by atoms with Gasteiger partial charge in [-0.15, -0.1) is 0 Å². The van der Waals surface area contributed by atoms with E-state index in [2.05, 4.69) is 42.2 Å². The highest BCUT2D eigenvalue weighted by Gasteiger charge is 2.44. The molecule has 0 spiro atoms. The van der Waals surface area contributed by atoms with Crippen LogP contribution in [0.5, 0.6) is 0 Å². The van der Waals surface area contributed by atoms with Crippen molar-refractivity contribution in [3.8, 4) is 0 Å². The zero-order valence-electron chi connectivity index (χ0n) is 12.9. The van der Waals surface area contributed by atoms with Gasteiger partial charge < -0.3 is 9.64 Å². The first-order valence-electron chi connectivity index (χ1n) is 7.93. The average molecular weight is 288 g/mol. The molecule has 2 aliphatic rings. The molecule has 0 aliphatic carbocycles. The van der Waals surface area contributed by atoms with Gasteiger partial charge >= 0.3 is 6.09 Å². The van der Waals surface area contributed by atoms with E-state index in [0.29, 0.717) is 24.6 Å². The summed E-state index contributed by atoms with van der Waals surface area (Å²) in [4.78, 5) is 16.3. The molecule has 1 amide bonds. The van der Waals surface area contributed by atoms with Gasteiger partial charge in [-0.1, -0.05) is 30.3 Å². The fourth-order valence-electron chi connectivity index (χ4n) is 3.76. The van der Waals surface area contributed by atoms with Crippen molar-refractivity contribution in [1.82, 2.24) is 9.80 Å². The Morgan fingerprint density at radius 1 is 1.33 bits per heavy atom. The molecule has 114 valence electrons. The van der Waals surface area contributed by atoms with E-state index < -0.39 is 0 Å². The van der Waals surface area contributed by atoms with Crippen molar-refractivity contribution in [3.05, 3.63) is 35.9 Å². The van der Waals surface area contributed by atoms with E-state index in [9.17, 15) is 4.79 Å². The summed E-state index contributed by atoms with van der Waals surface area (Å²) in [6.07, 6.45) is 1.02. The van der Waals surface area contributed by atoms with Crippen LogP contribution in [0, 0.1) is 5.92 Å². The lowest BCUT2D eigenvalue weighted by Crippen LogP contribution is -2.38. The molecule has 4 heteroatoms. The first-order chi connectivity index (χ1) is 10.2. The maximum absolute atomic E-state index is 11.9. The fraction of sp³-hybridized carbons (Fsp3) is 0.588. The molecule has 1 aromatic rings. The lowest BCUT2D eigenvalue weighted by molar-refractivity contribution is 0.107. The number of amides is 1. The first-order valence-corrected chi connectivity index (χ1v) is 7.93. The van der Waals surface area contributed by atoms with Crippen LogP contribution in [0.2, 0.25) is 0 Å². The van der Waals surface area contributed by atoms with E-state index >= 15 is 0 Å². The number of rotatable bonds is 3. The van der Waals surface area contributed by atoms with Crippen molar-refractivity contribution in [2.24, 2.45) is 5.92 Å². The summed E-state index contributed by atoms with van der Waals surface area (Å²) in [5, 5.41) is 0. The molecule has 0 saturated carbocycles. The van der Waals surface area contributed by atoms with Crippen LogP contribution in [0.3, 0.4) is 0 Å². The molecular formula is C17H24N2O2. The number of hydrogen-bond donors (Lipinski definition) is 0. The lowest BCUT2D eigenvalue weighted by atomic mass is 10.0. The van der Waals surface area contributed by atoms with Crippen molar-refractivity contribution in [1.29, 1.82) is 0 Å². The third kappa shape index (κ3) is 2.77. The predicted molar refractivity (Wildman–Crippen MR) is 82.1 cm³/mol. The number of fused-ring (bicyclic) bond motifs is 1. The van der Waals surface area contributed by atoms with Crippen molar-refractivity contribution in [3.63, 3.8) is 0 Å². The Morgan fingerprint density at radius 2 is 2.10 bits per heavy atom. The van der Waals surface area contributed by atoms with Crippen molar-refractivity contribution in [2.45, 2.75) is 32.4 Å². The smallest absolute Gasteiger partial charge is 0.409 e. The minimum absolute atomic E-state index is 0.154. The Labute approximate surface area is 126 Å². The highest BCUT2D eigenvalue weighted by molar-refractivity contribution is 5.68. The first kappa shape index (κ1) is 14.4. The number of nitrogens with zero attached hydrogens (tertiary/aromatic N) is 2. The molecule has 0 radical (unpaired) electrons. The summed E-state index contributed by atoms with van der Waals surface area (Å²) >= 11 is 0. The second-order valence-electron chi connectivity index (χ2n) is 6.04. The fourth-order valence-corrected chi connectivity index (χ4v) is 3.76. The molecule has 0 bridgehead atoms. The molecule has 2 fully saturated rings. The summed E-state index contributed by atoms with van der Waals surface area (Å²) in [7, 11) is 0. The number of ether oxygens (including phenoxy) is 1. The Kier molecular flexibility index (Phi) is 4.15. The van der Waals surface area contributed by atoms with Crippen LogP contribution in [-0.4, -0.2) is 48.2 Å². The molecular weight excluding hydrogens is 264 g/mol. The molecule has 3 atom stereocenters. The summed E-state index contributed by atoms with van der Waals surface area (Å²) < 4.78 is 5.14. The number of carbonyl (C=O) groups excluding carboxylic acids is 1. The molecule has 0 aromatic heterocycles. The summed E-state index contributed by atoms with van der Waals surface area (Å²) in [6.45, 7) is 7.36. The summed E-state index contributed by atoms with van der Waals surface area (Å²) in [5.41, 5.74) is 1.35. The van der Waals surface area contributed by atoms with Crippen LogP contribution < -0.4 is 0 Å². The molecule has 3 rings (SSSR count). The quantitative estimate of drug-likeness (QED) is 0.857. The van der Waals surface area contributed by atoms with Crippen molar-refractivity contribution >= 4 is 6.09 Å². The van der Waals surface area contributed by atoms with Crippen LogP contribution in [0.25, 0.3) is 0 Å². The van der Waals surface area contributed by atoms with E-state index in [0.717, 1.165) is 19.6 Å². The molecule has 21 heavy (non-hydrogen) atoms. The Bertz CT molecular complexity index is 491. The minimum atomic E-state index is -0.154. The molecule has 2 saturated heterocycles. The van der Waals surface area contributed by atoms with Gasteiger partial charge in [0.15, 0.2) is 0 Å². The maximum atomic E-state index is 11.9. The van der Waals surface area contributed by atoms with Gasteiger partial charge in [-0.25, -0.2) is 4.79 Å². The zero-order chi connectivity index (χ0) is 14.8. The Balaban J connectivity index is 1.68. The van der Waals surface area contributed by atoms with E-state index in [4.69, 9.17) is 4.74 Å². The predicted octanol–water partition coefficient (Wildman–Crippen LogP) is 2.91.